The molecule has 1 fully saturated rings. The van der Waals surface area contributed by atoms with Crippen LogP contribution in [0.2, 0.25) is 0 Å². The SMILES string of the molecule is Nc1nnc(OCC2CN(c3nnc(N)s3)C2)s1. The third-order valence-electron chi connectivity index (χ3n) is 2.52. The number of rotatable bonds is 4. The Hall–Kier alpha value is -1.68. The maximum atomic E-state index is 5.53. The third-order valence-corrected chi connectivity index (χ3v) is 4.00. The molecule has 1 saturated heterocycles. The van der Waals surface area contributed by atoms with Gasteiger partial charge in [-0.25, -0.2) is 0 Å². The number of nitrogen functional groups attached to an aromatic ring is 2. The summed E-state index contributed by atoms with van der Waals surface area (Å²) in [6.45, 7) is 2.39. The molecule has 2 aromatic rings. The van der Waals surface area contributed by atoms with E-state index < -0.39 is 0 Å². The summed E-state index contributed by atoms with van der Waals surface area (Å²) in [6, 6.07) is 0. The van der Waals surface area contributed by atoms with Crippen LogP contribution in [0, 0.1) is 5.92 Å². The van der Waals surface area contributed by atoms with Gasteiger partial charge in [-0.05, 0) is 11.3 Å². The van der Waals surface area contributed by atoms with E-state index in [9.17, 15) is 0 Å². The summed E-state index contributed by atoms with van der Waals surface area (Å²) in [4.78, 5) is 2.12. The minimum atomic E-state index is 0.421. The van der Waals surface area contributed by atoms with Gasteiger partial charge in [-0.2, -0.15) is 0 Å². The van der Waals surface area contributed by atoms with E-state index in [0.717, 1.165) is 18.2 Å². The Bertz CT molecular complexity index is 532. The van der Waals surface area contributed by atoms with Crippen molar-refractivity contribution in [2.45, 2.75) is 0 Å². The lowest BCUT2D eigenvalue weighted by atomic mass is 10.0. The van der Waals surface area contributed by atoms with E-state index in [1.54, 1.807) is 0 Å². The van der Waals surface area contributed by atoms with Crippen molar-refractivity contribution in [3.8, 4) is 5.19 Å². The molecule has 4 N–H and O–H groups in total. The predicted octanol–water partition coefficient (Wildman–Crippen LogP) is 0.0692. The van der Waals surface area contributed by atoms with E-state index >= 15 is 0 Å². The molecular weight excluding hydrogens is 274 g/mol. The van der Waals surface area contributed by atoms with Gasteiger partial charge in [0.25, 0.3) is 5.19 Å². The van der Waals surface area contributed by atoms with Crippen LogP contribution in [0.1, 0.15) is 0 Å². The van der Waals surface area contributed by atoms with Crippen LogP contribution in [0.4, 0.5) is 15.4 Å². The largest absolute Gasteiger partial charge is 0.468 e. The van der Waals surface area contributed by atoms with Gasteiger partial charge in [-0.1, -0.05) is 16.4 Å². The number of hydrogen-bond donors (Lipinski definition) is 2. The lowest BCUT2D eigenvalue weighted by Crippen LogP contribution is -2.49. The monoisotopic (exact) mass is 285 g/mol. The molecule has 0 bridgehead atoms. The number of nitrogens with zero attached hydrogens (tertiary/aromatic N) is 5. The van der Waals surface area contributed by atoms with Crippen LogP contribution in [0.15, 0.2) is 0 Å². The van der Waals surface area contributed by atoms with E-state index in [1.165, 1.54) is 22.7 Å². The average molecular weight is 285 g/mol. The summed E-state index contributed by atoms with van der Waals surface area (Å²) >= 11 is 2.64. The van der Waals surface area contributed by atoms with Crippen molar-refractivity contribution in [2.75, 3.05) is 36.1 Å². The lowest BCUT2D eigenvalue weighted by molar-refractivity contribution is 0.218. The van der Waals surface area contributed by atoms with Crippen molar-refractivity contribution in [3.05, 3.63) is 0 Å². The molecule has 96 valence electrons. The maximum Gasteiger partial charge on any atom is 0.295 e. The molecule has 0 aromatic carbocycles. The fourth-order valence-corrected chi connectivity index (χ4v) is 2.75. The first-order chi connectivity index (χ1) is 8.70. The highest BCUT2D eigenvalue weighted by Crippen LogP contribution is 2.29. The van der Waals surface area contributed by atoms with Crippen LogP contribution >= 0.6 is 22.7 Å². The smallest absolute Gasteiger partial charge is 0.295 e. The average Bonchev–Trinajstić information content (AvgIpc) is 2.86. The highest BCUT2D eigenvalue weighted by molar-refractivity contribution is 7.18. The zero-order valence-electron chi connectivity index (χ0n) is 9.31. The van der Waals surface area contributed by atoms with E-state index in [1.807, 2.05) is 0 Å². The Labute approximate surface area is 111 Å². The van der Waals surface area contributed by atoms with Crippen molar-refractivity contribution < 1.29 is 4.74 Å². The molecule has 10 heteroatoms. The molecule has 8 nitrogen and oxygen atoms in total. The molecule has 0 amide bonds. The number of anilines is 3. The molecule has 0 aliphatic carbocycles. The van der Waals surface area contributed by atoms with Gasteiger partial charge in [0.15, 0.2) is 0 Å². The molecule has 1 aliphatic rings. The summed E-state index contributed by atoms with van der Waals surface area (Å²) in [5.74, 6) is 0.459. The molecule has 0 spiro atoms. The van der Waals surface area contributed by atoms with Gasteiger partial charge in [0.05, 0.1) is 6.61 Å². The summed E-state index contributed by atoms with van der Waals surface area (Å²) in [6.07, 6.45) is 0. The van der Waals surface area contributed by atoms with Crippen molar-refractivity contribution >= 4 is 38.1 Å². The van der Waals surface area contributed by atoms with Crippen molar-refractivity contribution in [1.29, 1.82) is 0 Å². The van der Waals surface area contributed by atoms with Crippen LogP contribution in [0.5, 0.6) is 5.19 Å². The van der Waals surface area contributed by atoms with E-state index in [4.69, 9.17) is 16.2 Å². The van der Waals surface area contributed by atoms with E-state index in [0.29, 0.717) is 28.0 Å². The highest BCUT2D eigenvalue weighted by Gasteiger charge is 2.30. The minimum Gasteiger partial charge on any atom is -0.468 e. The van der Waals surface area contributed by atoms with Crippen LogP contribution in [0.3, 0.4) is 0 Å². The van der Waals surface area contributed by atoms with E-state index in [-0.39, 0.29) is 0 Å². The van der Waals surface area contributed by atoms with Crippen molar-refractivity contribution in [3.63, 3.8) is 0 Å². The number of nitrogens with two attached hydrogens (primary N) is 2. The summed E-state index contributed by atoms with van der Waals surface area (Å²) in [5, 5.41) is 17.6. The van der Waals surface area contributed by atoms with Gasteiger partial charge in [0, 0.05) is 19.0 Å². The first kappa shape index (κ1) is 11.4. The summed E-state index contributed by atoms with van der Waals surface area (Å²) in [7, 11) is 0. The molecule has 0 atom stereocenters. The van der Waals surface area contributed by atoms with Crippen molar-refractivity contribution in [2.24, 2.45) is 5.92 Å². The zero-order chi connectivity index (χ0) is 12.5. The molecule has 0 unspecified atom stereocenters. The fourth-order valence-electron chi connectivity index (χ4n) is 1.65. The summed E-state index contributed by atoms with van der Waals surface area (Å²) in [5.41, 5.74) is 11.0. The molecule has 2 aromatic heterocycles. The van der Waals surface area contributed by atoms with Crippen LogP contribution in [-0.4, -0.2) is 40.1 Å². The van der Waals surface area contributed by atoms with Gasteiger partial charge in [0.1, 0.15) is 0 Å². The number of hydrogen-bond acceptors (Lipinski definition) is 10. The first-order valence-corrected chi connectivity index (χ1v) is 6.89. The minimum absolute atomic E-state index is 0.421. The number of aromatic nitrogens is 4. The maximum absolute atomic E-state index is 5.53. The predicted molar refractivity (Wildman–Crippen MR) is 69.8 cm³/mol. The second-order valence-corrected chi connectivity index (χ2v) is 5.87. The molecule has 3 rings (SSSR count). The van der Waals surface area contributed by atoms with Crippen molar-refractivity contribution in [1.82, 2.24) is 20.4 Å². The second-order valence-electron chi connectivity index (χ2n) is 3.91. The zero-order valence-corrected chi connectivity index (χ0v) is 10.9. The van der Waals surface area contributed by atoms with Crippen LogP contribution in [0.25, 0.3) is 0 Å². The van der Waals surface area contributed by atoms with Crippen LogP contribution < -0.4 is 21.1 Å². The van der Waals surface area contributed by atoms with Crippen LogP contribution in [-0.2, 0) is 0 Å². The summed E-state index contributed by atoms with van der Waals surface area (Å²) < 4.78 is 5.50. The Morgan fingerprint density at radius 3 is 2.44 bits per heavy atom. The normalized spacial score (nSPS) is 15.7. The third kappa shape index (κ3) is 2.29. The molecule has 0 radical (unpaired) electrons. The molecular formula is C8H11N7OS2. The fraction of sp³-hybridized carbons (Fsp3) is 0.500. The quantitative estimate of drug-likeness (QED) is 0.810. The van der Waals surface area contributed by atoms with Gasteiger partial charge in [-0.15, -0.1) is 15.3 Å². The van der Waals surface area contributed by atoms with Gasteiger partial charge in [0.2, 0.25) is 15.4 Å². The van der Waals surface area contributed by atoms with Gasteiger partial charge < -0.3 is 21.1 Å². The van der Waals surface area contributed by atoms with Gasteiger partial charge in [-0.3, -0.25) is 0 Å². The van der Waals surface area contributed by atoms with Gasteiger partial charge >= 0.3 is 0 Å². The Morgan fingerprint density at radius 2 is 1.83 bits per heavy atom. The highest BCUT2D eigenvalue weighted by atomic mass is 32.1. The second kappa shape index (κ2) is 4.53. The molecule has 1 aliphatic heterocycles. The topological polar surface area (TPSA) is 116 Å². The Balaban J connectivity index is 1.45. The van der Waals surface area contributed by atoms with E-state index in [2.05, 4.69) is 25.3 Å². The molecule has 0 saturated carbocycles. The standard InChI is InChI=1S/C8H11N7OS2/c9-5-11-13-7(17-5)15-1-4(2-15)3-16-8-14-12-6(10)18-8/h4H,1-3H2,(H2,9,11)(H2,10,12). The lowest BCUT2D eigenvalue weighted by Gasteiger charge is -2.38. The Morgan fingerprint density at radius 1 is 1.11 bits per heavy atom. The Kier molecular flexibility index (Phi) is 2.88. The molecule has 3 heterocycles. The number of ether oxygens (including phenoxy) is 1. The first-order valence-electron chi connectivity index (χ1n) is 5.26. The molecule has 18 heavy (non-hydrogen) atoms.